The quantitative estimate of drug-likeness (QED) is 0.388. The fourth-order valence-electron chi connectivity index (χ4n) is 2.37. The van der Waals surface area contributed by atoms with Crippen molar-refractivity contribution in [3.05, 3.63) is 56.7 Å². The minimum atomic E-state index is -4.61. The number of aromatic nitrogens is 1. The Morgan fingerprint density at radius 3 is 2.39 bits per heavy atom. The third kappa shape index (κ3) is 5.41. The molecule has 1 heterocycles. The van der Waals surface area contributed by atoms with Crippen molar-refractivity contribution < 1.29 is 27.6 Å². The lowest BCUT2D eigenvalue weighted by Gasteiger charge is -2.19. The lowest BCUT2D eigenvalue weighted by Crippen LogP contribution is -2.25. The van der Waals surface area contributed by atoms with E-state index >= 15 is 0 Å². The Hall–Kier alpha value is -2.68. The van der Waals surface area contributed by atoms with Crippen molar-refractivity contribution in [2.45, 2.75) is 39.0 Å². The molecule has 0 fully saturated rings. The highest BCUT2D eigenvalue weighted by atomic mass is 35.5. The first-order valence-corrected chi connectivity index (χ1v) is 8.38. The SMILES string of the molecule is CC(C)(C)OC(=O)Cc1ccc(-c2ncc(C(F)(F)F)cc2Cl)cc1[N+](=O)[O-]. The van der Waals surface area contributed by atoms with Crippen molar-refractivity contribution in [3.63, 3.8) is 0 Å². The molecule has 0 N–H and O–H groups in total. The number of halogens is 4. The van der Waals surface area contributed by atoms with E-state index in [0.29, 0.717) is 12.3 Å². The topological polar surface area (TPSA) is 82.3 Å². The number of ether oxygens (including phenoxy) is 1. The maximum Gasteiger partial charge on any atom is 0.417 e. The number of alkyl halides is 3. The normalized spacial score (nSPS) is 12.0. The van der Waals surface area contributed by atoms with Gasteiger partial charge in [0.1, 0.15) is 5.60 Å². The molecule has 0 radical (unpaired) electrons. The molecular formula is C18H16ClF3N2O4. The van der Waals surface area contributed by atoms with E-state index in [2.05, 4.69) is 4.98 Å². The van der Waals surface area contributed by atoms with E-state index in [1.807, 2.05) is 0 Å². The summed E-state index contributed by atoms with van der Waals surface area (Å²) in [5, 5.41) is 11.1. The second kappa shape index (κ2) is 7.75. The number of nitro groups is 1. The number of esters is 1. The summed E-state index contributed by atoms with van der Waals surface area (Å²) in [6.45, 7) is 5.00. The van der Waals surface area contributed by atoms with Crippen LogP contribution in [0.3, 0.4) is 0 Å². The summed E-state index contributed by atoms with van der Waals surface area (Å²) in [5.41, 5.74) is -1.95. The summed E-state index contributed by atoms with van der Waals surface area (Å²) >= 11 is 5.89. The molecule has 0 aliphatic rings. The molecule has 0 aliphatic heterocycles. The van der Waals surface area contributed by atoms with Crippen molar-refractivity contribution in [1.82, 2.24) is 4.98 Å². The Morgan fingerprint density at radius 1 is 1.25 bits per heavy atom. The second-order valence-corrected chi connectivity index (χ2v) is 7.32. The monoisotopic (exact) mass is 416 g/mol. The molecule has 28 heavy (non-hydrogen) atoms. The Labute approximate surface area is 163 Å². The lowest BCUT2D eigenvalue weighted by molar-refractivity contribution is -0.385. The van der Waals surface area contributed by atoms with Gasteiger partial charge in [0.2, 0.25) is 0 Å². The van der Waals surface area contributed by atoms with Gasteiger partial charge in [-0.3, -0.25) is 19.9 Å². The van der Waals surface area contributed by atoms with Crippen LogP contribution in [-0.2, 0) is 22.1 Å². The van der Waals surface area contributed by atoms with Crippen LogP contribution in [0, 0.1) is 10.1 Å². The van der Waals surface area contributed by atoms with Gasteiger partial charge in [-0.25, -0.2) is 0 Å². The van der Waals surface area contributed by atoms with Gasteiger partial charge in [-0.2, -0.15) is 13.2 Å². The molecule has 0 amide bonds. The molecule has 1 aromatic heterocycles. The Morgan fingerprint density at radius 2 is 1.89 bits per heavy atom. The highest BCUT2D eigenvalue weighted by Crippen LogP contribution is 2.35. The predicted octanol–water partition coefficient (Wildman–Crippen LogP) is 5.21. The van der Waals surface area contributed by atoms with Gasteiger partial charge in [-0.1, -0.05) is 23.7 Å². The van der Waals surface area contributed by atoms with Crippen LogP contribution in [0.2, 0.25) is 5.02 Å². The van der Waals surface area contributed by atoms with Gasteiger partial charge < -0.3 is 4.74 Å². The third-order valence-electron chi connectivity index (χ3n) is 3.48. The molecule has 2 rings (SSSR count). The zero-order chi connectivity index (χ0) is 21.3. The van der Waals surface area contributed by atoms with Gasteiger partial charge in [0, 0.05) is 23.4 Å². The van der Waals surface area contributed by atoms with Crippen molar-refractivity contribution in [1.29, 1.82) is 0 Å². The van der Waals surface area contributed by atoms with Crippen molar-refractivity contribution in [2.24, 2.45) is 0 Å². The Kier molecular flexibility index (Phi) is 5.98. The molecule has 0 aliphatic carbocycles. The number of nitro benzene ring substituents is 1. The molecule has 0 spiro atoms. The highest BCUT2D eigenvalue weighted by Gasteiger charge is 2.32. The lowest BCUT2D eigenvalue weighted by atomic mass is 10.0. The first-order valence-electron chi connectivity index (χ1n) is 8.00. The summed E-state index contributed by atoms with van der Waals surface area (Å²) in [7, 11) is 0. The fraction of sp³-hybridized carbons (Fsp3) is 0.333. The van der Waals surface area contributed by atoms with Gasteiger partial charge in [0.15, 0.2) is 0 Å². The van der Waals surface area contributed by atoms with Crippen LogP contribution in [0.15, 0.2) is 30.5 Å². The first-order chi connectivity index (χ1) is 12.8. The Bertz CT molecular complexity index is 924. The van der Waals surface area contributed by atoms with Crippen molar-refractivity contribution >= 4 is 23.3 Å². The van der Waals surface area contributed by atoms with Gasteiger partial charge in [-0.15, -0.1) is 0 Å². The maximum absolute atomic E-state index is 12.7. The summed E-state index contributed by atoms with van der Waals surface area (Å²) in [6, 6.07) is 4.53. The maximum atomic E-state index is 12.7. The Balaban J connectivity index is 2.40. The molecule has 0 saturated heterocycles. The molecule has 2 aromatic rings. The minimum absolute atomic E-state index is 0.0402. The molecule has 0 atom stereocenters. The van der Waals surface area contributed by atoms with Gasteiger partial charge in [-0.05, 0) is 26.8 Å². The summed E-state index contributed by atoms with van der Waals surface area (Å²) in [4.78, 5) is 26.3. The van der Waals surface area contributed by atoms with Crippen LogP contribution in [0.25, 0.3) is 11.3 Å². The molecular weight excluding hydrogens is 401 g/mol. The minimum Gasteiger partial charge on any atom is -0.460 e. The van der Waals surface area contributed by atoms with E-state index in [-0.39, 0.29) is 34.0 Å². The number of hydrogen-bond donors (Lipinski definition) is 0. The van der Waals surface area contributed by atoms with Crippen molar-refractivity contribution in [3.8, 4) is 11.3 Å². The zero-order valence-electron chi connectivity index (χ0n) is 15.1. The predicted molar refractivity (Wildman–Crippen MR) is 95.9 cm³/mol. The van der Waals surface area contributed by atoms with Crippen LogP contribution in [-0.4, -0.2) is 21.5 Å². The summed E-state index contributed by atoms with van der Waals surface area (Å²) in [5.74, 6) is -0.644. The number of pyridine rings is 1. The number of carbonyl (C=O) groups excluding carboxylic acids is 1. The van der Waals surface area contributed by atoms with Crippen LogP contribution in [0.5, 0.6) is 0 Å². The number of carbonyl (C=O) groups is 1. The molecule has 1 aromatic carbocycles. The number of benzene rings is 1. The first kappa shape index (κ1) is 21.6. The number of hydrogen-bond acceptors (Lipinski definition) is 5. The fourth-order valence-corrected chi connectivity index (χ4v) is 2.64. The molecule has 0 bridgehead atoms. The van der Waals surface area contributed by atoms with Crippen LogP contribution in [0.4, 0.5) is 18.9 Å². The van der Waals surface area contributed by atoms with Gasteiger partial charge >= 0.3 is 12.1 Å². The van der Waals surface area contributed by atoms with Crippen LogP contribution >= 0.6 is 11.6 Å². The van der Waals surface area contributed by atoms with Crippen molar-refractivity contribution in [2.75, 3.05) is 0 Å². The number of rotatable bonds is 4. The van der Waals surface area contributed by atoms with E-state index in [0.717, 1.165) is 6.07 Å². The smallest absolute Gasteiger partial charge is 0.417 e. The molecule has 6 nitrogen and oxygen atoms in total. The van der Waals surface area contributed by atoms with E-state index in [9.17, 15) is 28.1 Å². The zero-order valence-corrected chi connectivity index (χ0v) is 15.9. The van der Waals surface area contributed by atoms with E-state index < -0.39 is 28.2 Å². The van der Waals surface area contributed by atoms with Crippen LogP contribution < -0.4 is 0 Å². The third-order valence-corrected chi connectivity index (χ3v) is 3.77. The van der Waals surface area contributed by atoms with E-state index in [4.69, 9.17) is 16.3 Å². The van der Waals surface area contributed by atoms with E-state index in [1.54, 1.807) is 20.8 Å². The molecule has 0 saturated carbocycles. The largest absolute Gasteiger partial charge is 0.460 e. The molecule has 10 heteroatoms. The van der Waals surface area contributed by atoms with Gasteiger partial charge in [0.25, 0.3) is 5.69 Å². The standard InChI is InChI=1S/C18H16ClF3N2O4/c1-17(2,3)28-15(25)7-10-4-5-11(6-14(10)24(26)27)16-13(19)8-12(9-23-16)18(20,21)22/h4-6,8-9H,7H2,1-3H3. The molecule has 0 unspecified atom stereocenters. The second-order valence-electron chi connectivity index (χ2n) is 6.92. The number of nitrogens with zero attached hydrogens (tertiary/aromatic N) is 2. The average molecular weight is 417 g/mol. The average Bonchev–Trinajstić information content (AvgIpc) is 2.52. The van der Waals surface area contributed by atoms with Gasteiger partial charge in [0.05, 0.1) is 27.6 Å². The highest BCUT2D eigenvalue weighted by molar-refractivity contribution is 6.33. The van der Waals surface area contributed by atoms with Crippen LogP contribution in [0.1, 0.15) is 31.9 Å². The summed E-state index contributed by atoms with van der Waals surface area (Å²) in [6.07, 6.45) is -4.35. The van der Waals surface area contributed by atoms with E-state index in [1.165, 1.54) is 12.1 Å². The summed E-state index contributed by atoms with van der Waals surface area (Å²) < 4.78 is 43.4. The molecule has 150 valence electrons.